The number of sulfone groups is 2. The summed E-state index contributed by atoms with van der Waals surface area (Å²) >= 11 is 5.95. The first-order valence-electron chi connectivity index (χ1n) is 7.35. The molecule has 2 amide bonds. The van der Waals surface area contributed by atoms with Gasteiger partial charge in [0.1, 0.15) is 0 Å². The maximum Gasteiger partial charge on any atom is 0.317 e. The number of nitrogens with zero attached hydrogens (tertiary/aromatic N) is 1. The van der Waals surface area contributed by atoms with Crippen molar-refractivity contribution in [3.63, 3.8) is 0 Å². The summed E-state index contributed by atoms with van der Waals surface area (Å²) in [5.41, 5.74) is 0.485. The second-order valence-corrected chi connectivity index (χ2v) is 10.8. The highest BCUT2D eigenvalue weighted by Gasteiger charge is 2.39. The van der Waals surface area contributed by atoms with Crippen LogP contribution in [0.15, 0.2) is 23.1 Å². The van der Waals surface area contributed by atoms with Gasteiger partial charge in [-0.2, -0.15) is 0 Å². The number of amides is 2. The molecule has 24 heavy (non-hydrogen) atoms. The van der Waals surface area contributed by atoms with Crippen molar-refractivity contribution < 1.29 is 21.6 Å². The Morgan fingerprint density at radius 2 is 1.96 bits per heavy atom. The summed E-state index contributed by atoms with van der Waals surface area (Å²) in [4.78, 5) is 13.9. The van der Waals surface area contributed by atoms with Gasteiger partial charge in [0, 0.05) is 18.1 Å². The topological polar surface area (TPSA) is 101 Å². The molecule has 0 bridgehead atoms. The van der Waals surface area contributed by atoms with Crippen molar-refractivity contribution in [3.8, 4) is 0 Å². The molecule has 132 valence electrons. The van der Waals surface area contributed by atoms with Crippen LogP contribution in [0.2, 0.25) is 5.02 Å². The number of carbonyl (C=O) groups excluding carboxylic acids is 1. The van der Waals surface area contributed by atoms with E-state index in [0.717, 1.165) is 0 Å². The first kappa shape index (κ1) is 17.5. The molecule has 0 radical (unpaired) electrons. The highest BCUT2D eigenvalue weighted by atomic mass is 35.5. The molecule has 1 fully saturated rings. The number of nitrogens with one attached hydrogen (secondary N) is 1. The summed E-state index contributed by atoms with van der Waals surface area (Å²) in [5.74, 6) is -0.245. The molecule has 0 spiro atoms. The zero-order chi connectivity index (χ0) is 17.7. The molecule has 1 saturated heterocycles. The minimum atomic E-state index is -3.47. The van der Waals surface area contributed by atoms with Crippen molar-refractivity contribution in [2.75, 3.05) is 24.3 Å². The van der Waals surface area contributed by atoms with Gasteiger partial charge >= 0.3 is 6.03 Å². The van der Waals surface area contributed by atoms with Gasteiger partial charge < -0.3 is 10.2 Å². The summed E-state index contributed by atoms with van der Waals surface area (Å²) in [6.45, 7) is 0. The molecular weight excluding hydrogens is 376 g/mol. The minimum Gasteiger partial charge on any atom is -0.334 e. The van der Waals surface area contributed by atoms with E-state index in [0.29, 0.717) is 17.0 Å². The van der Waals surface area contributed by atoms with E-state index in [9.17, 15) is 21.6 Å². The SMILES string of the molecule is CN(C(=O)NC1CCS(=O)(=O)C1)C1CS(=O)(=O)c2ccc(Cl)cc21. The van der Waals surface area contributed by atoms with Crippen LogP contribution in [0.1, 0.15) is 18.0 Å². The van der Waals surface area contributed by atoms with E-state index in [-0.39, 0.29) is 22.2 Å². The Balaban J connectivity index is 1.80. The highest BCUT2D eigenvalue weighted by Crippen LogP contribution is 2.38. The number of benzene rings is 1. The molecule has 0 aliphatic carbocycles. The van der Waals surface area contributed by atoms with Crippen molar-refractivity contribution in [1.82, 2.24) is 10.2 Å². The van der Waals surface area contributed by atoms with Crippen molar-refractivity contribution in [2.45, 2.75) is 23.4 Å². The van der Waals surface area contributed by atoms with Gasteiger partial charge in [-0.3, -0.25) is 0 Å². The Morgan fingerprint density at radius 3 is 2.58 bits per heavy atom. The van der Waals surface area contributed by atoms with Crippen LogP contribution in [0.4, 0.5) is 4.79 Å². The Labute approximate surface area is 145 Å². The quantitative estimate of drug-likeness (QED) is 0.809. The third kappa shape index (κ3) is 3.25. The van der Waals surface area contributed by atoms with Crippen molar-refractivity contribution in [1.29, 1.82) is 0 Å². The van der Waals surface area contributed by atoms with E-state index in [1.54, 1.807) is 6.07 Å². The average Bonchev–Trinajstić information content (AvgIpc) is 2.94. The van der Waals surface area contributed by atoms with Crippen LogP contribution in [0, 0.1) is 0 Å². The molecule has 2 aliphatic heterocycles. The van der Waals surface area contributed by atoms with Gasteiger partial charge in [0.2, 0.25) is 0 Å². The molecule has 1 aromatic carbocycles. The van der Waals surface area contributed by atoms with Crippen molar-refractivity contribution in [2.24, 2.45) is 0 Å². The highest BCUT2D eigenvalue weighted by molar-refractivity contribution is 7.92. The van der Waals surface area contributed by atoms with Crippen molar-refractivity contribution >= 4 is 37.3 Å². The Morgan fingerprint density at radius 1 is 1.25 bits per heavy atom. The number of carbonyl (C=O) groups is 1. The van der Waals surface area contributed by atoms with E-state index in [1.807, 2.05) is 0 Å². The summed E-state index contributed by atoms with van der Waals surface area (Å²) in [6, 6.07) is 2.91. The van der Waals surface area contributed by atoms with E-state index in [4.69, 9.17) is 11.6 Å². The fourth-order valence-corrected chi connectivity index (χ4v) is 6.78. The lowest BCUT2D eigenvalue weighted by atomic mass is 10.1. The number of rotatable bonds is 2. The third-order valence-corrected chi connectivity index (χ3v) is 8.19. The smallest absolute Gasteiger partial charge is 0.317 e. The van der Waals surface area contributed by atoms with Gasteiger partial charge in [-0.1, -0.05) is 11.6 Å². The fraction of sp³-hybridized carbons (Fsp3) is 0.500. The van der Waals surface area contributed by atoms with Gasteiger partial charge in [-0.05, 0) is 30.2 Å². The second-order valence-electron chi connectivity index (χ2n) is 6.14. The molecule has 1 N–H and O–H groups in total. The first-order chi connectivity index (χ1) is 11.1. The Bertz CT molecular complexity index is 898. The fourth-order valence-electron chi connectivity index (χ4n) is 3.10. The normalized spacial score (nSPS) is 26.8. The number of hydrogen-bond donors (Lipinski definition) is 1. The lowest BCUT2D eigenvalue weighted by molar-refractivity contribution is 0.192. The van der Waals surface area contributed by atoms with Gasteiger partial charge in [-0.15, -0.1) is 0 Å². The third-order valence-electron chi connectivity index (χ3n) is 4.39. The molecule has 2 atom stereocenters. The molecular formula is C14H17ClN2O5S2. The molecule has 3 rings (SSSR count). The summed E-state index contributed by atoms with van der Waals surface area (Å²) < 4.78 is 47.5. The largest absolute Gasteiger partial charge is 0.334 e. The lowest BCUT2D eigenvalue weighted by Crippen LogP contribution is -2.45. The molecule has 2 heterocycles. The van der Waals surface area contributed by atoms with E-state index in [1.165, 1.54) is 24.1 Å². The number of halogens is 1. The van der Waals surface area contributed by atoms with E-state index < -0.39 is 37.8 Å². The van der Waals surface area contributed by atoms with Gasteiger partial charge in [0.25, 0.3) is 0 Å². The minimum absolute atomic E-state index is 0.0535. The van der Waals surface area contributed by atoms with Crippen LogP contribution in [0.5, 0.6) is 0 Å². The standard InChI is InChI=1S/C14H17ClN2O5S2/c1-17(14(18)16-10-4-5-23(19,20)7-10)12-8-24(21,22)13-3-2-9(15)6-11(12)13/h2-3,6,10,12H,4-5,7-8H2,1H3,(H,16,18). The Kier molecular flexibility index (Phi) is 4.29. The first-order valence-corrected chi connectivity index (χ1v) is 11.2. The summed E-state index contributed by atoms with van der Waals surface area (Å²) in [6.07, 6.45) is 0.368. The zero-order valence-electron chi connectivity index (χ0n) is 12.9. The van der Waals surface area contributed by atoms with Crippen molar-refractivity contribution in [3.05, 3.63) is 28.8 Å². The second kappa shape index (κ2) is 5.89. The maximum absolute atomic E-state index is 12.4. The van der Waals surface area contributed by atoms with Crippen LogP contribution >= 0.6 is 11.6 Å². The van der Waals surface area contributed by atoms with E-state index >= 15 is 0 Å². The van der Waals surface area contributed by atoms with Crippen LogP contribution in [-0.2, 0) is 19.7 Å². The van der Waals surface area contributed by atoms with E-state index in [2.05, 4.69) is 5.32 Å². The molecule has 2 aliphatic rings. The number of hydrogen-bond acceptors (Lipinski definition) is 5. The molecule has 2 unspecified atom stereocenters. The molecule has 0 aromatic heterocycles. The van der Waals surface area contributed by atoms with Crippen LogP contribution in [0.3, 0.4) is 0 Å². The monoisotopic (exact) mass is 392 g/mol. The van der Waals surface area contributed by atoms with Crippen LogP contribution in [-0.4, -0.2) is 58.1 Å². The van der Waals surface area contributed by atoms with Gasteiger partial charge in [-0.25, -0.2) is 21.6 Å². The van der Waals surface area contributed by atoms with Crippen LogP contribution in [0.25, 0.3) is 0 Å². The lowest BCUT2D eigenvalue weighted by Gasteiger charge is -2.26. The van der Waals surface area contributed by atoms with Gasteiger partial charge in [0.05, 0.1) is 28.2 Å². The average molecular weight is 393 g/mol. The van der Waals surface area contributed by atoms with Crippen LogP contribution < -0.4 is 5.32 Å². The molecule has 0 saturated carbocycles. The Hall–Kier alpha value is -1.32. The summed E-state index contributed by atoms with van der Waals surface area (Å²) in [7, 11) is -5.08. The van der Waals surface area contributed by atoms with Gasteiger partial charge in [0.15, 0.2) is 19.7 Å². The predicted molar refractivity (Wildman–Crippen MR) is 89.6 cm³/mol. The molecule has 1 aromatic rings. The zero-order valence-corrected chi connectivity index (χ0v) is 15.3. The molecule has 7 nitrogen and oxygen atoms in total. The number of fused-ring (bicyclic) bond motifs is 1. The molecule has 10 heteroatoms. The number of urea groups is 1. The maximum atomic E-state index is 12.4. The summed E-state index contributed by atoms with van der Waals surface area (Å²) in [5, 5.41) is 3.06. The predicted octanol–water partition coefficient (Wildman–Crippen LogP) is 0.997.